The van der Waals surface area contributed by atoms with E-state index in [1.165, 1.54) is 17.7 Å². The van der Waals surface area contributed by atoms with Crippen molar-refractivity contribution < 1.29 is 17.9 Å². The normalized spacial score (nSPS) is 17.6. The molecule has 3 heterocycles. The SMILES string of the molecule is O=C(c1ccc(S(=O)(=O)NCC2CCCO2)cc1)N1CCCc2ccc(-c3cnc4ccccc4c3)cc2C1. The fraction of sp³-hybridized carbons (Fsp3) is 0.290. The summed E-state index contributed by atoms with van der Waals surface area (Å²) >= 11 is 0. The van der Waals surface area contributed by atoms with Crippen LogP contribution < -0.4 is 4.72 Å². The zero-order chi connectivity index (χ0) is 26.8. The third-order valence-corrected chi connectivity index (χ3v) is 9.03. The lowest BCUT2D eigenvalue weighted by Gasteiger charge is -2.21. The van der Waals surface area contributed by atoms with Crippen molar-refractivity contribution in [1.82, 2.24) is 14.6 Å². The summed E-state index contributed by atoms with van der Waals surface area (Å²) in [5, 5.41) is 1.09. The molecule has 7 nitrogen and oxygen atoms in total. The van der Waals surface area contributed by atoms with Crippen LogP contribution in [0, 0.1) is 0 Å². The smallest absolute Gasteiger partial charge is 0.254 e. The maximum absolute atomic E-state index is 13.5. The van der Waals surface area contributed by atoms with Gasteiger partial charge in [-0.1, -0.05) is 30.3 Å². The van der Waals surface area contributed by atoms with Gasteiger partial charge in [0.05, 0.1) is 16.5 Å². The maximum Gasteiger partial charge on any atom is 0.254 e. The Hall–Kier alpha value is -3.59. The summed E-state index contributed by atoms with van der Waals surface area (Å²) in [6.07, 6.45) is 5.40. The number of sulfonamides is 1. The molecule has 0 saturated carbocycles. The highest BCUT2D eigenvalue weighted by Gasteiger charge is 2.23. The average molecular weight is 542 g/mol. The summed E-state index contributed by atoms with van der Waals surface area (Å²) in [5.74, 6) is -0.100. The molecule has 8 heteroatoms. The average Bonchev–Trinajstić information content (AvgIpc) is 3.40. The van der Waals surface area contributed by atoms with Crippen molar-refractivity contribution in [3.8, 4) is 11.1 Å². The number of nitrogens with one attached hydrogen (secondary N) is 1. The molecule has 1 amide bonds. The molecule has 1 atom stereocenters. The molecule has 0 radical (unpaired) electrons. The number of benzene rings is 3. The van der Waals surface area contributed by atoms with E-state index < -0.39 is 10.0 Å². The number of pyridine rings is 1. The molecule has 0 bridgehead atoms. The highest BCUT2D eigenvalue weighted by Crippen LogP contribution is 2.28. The number of ether oxygens (including phenoxy) is 1. The first kappa shape index (κ1) is 25.7. The van der Waals surface area contributed by atoms with Gasteiger partial charge in [0.1, 0.15) is 0 Å². The summed E-state index contributed by atoms with van der Waals surface area (Å²) < 4.78 is 33.5. The van der Waals surface area contributed by atoms with Crippen molar-refractivity contribution in [3.05, 3.63) is 95.7 Å². The van der Waals surface area contributed by atoms with Gasteiger partial charge in [0.2, 0.25) is 10.0 Å². The van der Waals surface area contributed by atoms with Crippen LogP contribution in [0.25, 0.3) is 22.0 Å². The number of amides is 1. The standard InChI is InChI=1S/C31H31N3O4S/c35-31(23-11-13-29(14-12-23)39(36,37)33-20-28-7-4-16-38-28)34-15-3-6-22-9-10-24(17-27(22)21-34)26-18-25-5-1-2-8-30(25)32-19-26/h1-2,5,8-14,17-19,28,33H,3-4,6-7,15-16,20-21H2. The summed E-state index contributed by atoms with van der Waals surface area (Å²) in [4.78, 5) is 20.1. The number of carbonyl (C=O) groups is 1. The first-order valence-electron chi connectivity index (χ1n) is 13.4. The minimum atomic E-state index is -3.67. The number of carbonyl (C=O) groups excluding carboxylic acids is 1. The van der Waals surface area contributed by atoms with Gasteiger partial charge in [0.25, 0.3) is 5.91 Å². The second-order valence-electron chi connectivity index (χ2n) is 10.2. The van der Waals surface area contributed by atoms with E-state index in [1.54, 1.807) is 12.1 Å². The number of fused-ring (bicyclic) bond motifs is 2. The Morgan fingerprint density at radius 3 is 2.64 bits per heavy atom. The van der Waals surface area contributed by atoms with Crippen LogP contribution in [0.1, 0.15) is 40.7 Å². The molecule has 1 aromatic heterocycles. The van der Waals surface area contributed by atoms with Crippen LogP contribution in [0.4, 0.5) is 0 Å². The van der Waals surface area contributed by atoms with E-state index in [1.807, 2.05) is 29.3 Å². The first-order valence-corrected chi connectivity index (χ1v) is 14.9. The lowest BCUT2D eigenvalue weighted by molar-refractivity contribution is 0.0746. The van der Waals surface area contributed by atoms with Crippen molar-refractivity contribution in [2.75, 3.05) is 19.7 Å². The van der Waals surface area contributed by atoms with Crippen molar-refractivity contribution in [1.29, 1.82) is 0 Å². The van der Waals surface area contributed by atoms with Crippen molar-refractivity contribution in [2.24, 2.45) is 0 Å². The zero-order valence-corrected chi connectivity index (χ0v) is 22.5. The van der Waals surface area contributed by atoms with Gasteiger partial charge in [-0.2, -0.15) is 0 Å². The van der Waals surface area contributed by atoms with Crippen LogP contribution in [-0.4, -0.2) is 50.0 Å². The summed E-state index contributed by atoms with van der Waals surface area (Å²) in [7, 11) is -3.67. The highest BCUT2D eigenvalue weighted by atomic mass is 32.2. The Morgan fingerprint density at radius 1 is 0.974 bits per heavy atom. The van der Waals surface area contributed by atoms with Gasteiger partial charge in [-0.15, -0.1) is 0 Å². The predicted octanol–water partition coefficient (Wildman–Crippen LogP) is 4.95. The second-order valence-corrected chi connectivity index (χ2v) is 12.0. The molecular weight excluding hydrogens is 510 g/mol. The van der Waals surface area contributed by atoms with E-state index in [9.17, 15) is 13.2 Å². The topological polar surface area (TPSA) is 88.6 Å². The van der Waals surface area contributed by atoms with Crippen LogP contribution in [0.5, 0.6) is 0 Å². The van der Waals surface area contributed by atoms with Gasteiger partial charge < -0.3 is 9.64 Å². The quantitative estimate of drug-likeness (QED) is 0.373. The number of hydrogen-bond donors (Lipinski definition) is 1. The van der Waals surface area contributed by atoms with Gasteiger partial charge in [0.15, 0.2) is 0 Å². The fourth-order valence-corrected chi connectivity index (χ4v) is 6.46. The monoisotopic (exact) mass is 541 g/mol. The van der Waals surface area contributed by atoms with Crippen LogP contribution in [0.3, 0.4) is 0 Å². The van der Waals surface area contributed by atoms with E-state index in [0.29, 0.717) is 25.3 Å². The van der Waals surface area contributed by atoms with Crippen LogP contribution in [0.15, 0.2) is 83.9 Å². The van der Waals surface area contributed by atoms with Crippen LogP contribution >= 0.6 is 0 Å². The first-order chi connectivity index (χ1) is 19.0. The summed E-state index contributed by atoms with van der Waals surface area (Å²) in [5.41, 5.74) is 5.94. The molecule has 3 aromatic carbocycles. The molecule has 39 heavy (non-hydrogen) atoms. The number of hydrogen-bond acceptors (Lipinski definition) is 5. The Bertz CT molecular complexity index is 1610. The van der Waals surface area contributed by atoms with Gasteiger partial charge in [-0.3, -0.25) is 9.78 Å². The number of para-hydroxylation sites is 1. The molecule has 1 fully saturated rings. The minimum Gasteiger partial charge on any atom is -0.377 e. The van der Waals surface area contributed by atoms with E-state index >= 15 is 0 Å². The van der Waals surface area contributed by atoms with Crippen molar-refractivity contribution >= 4 is 26.8 Å². The molecule has 1 N–H and O–H groups in total. The third kappa shape index (κ3) is 5.59. The lowest BCUT2D eigenvalue weighted by atomic mass is 9.97. The molecule has 4 aromatic rings. The molecule has 0 spiro atoms. The van der Waals surface area contributed by atoms with Gasteiger partial charge >= 0.3 is 0 Å². The maximum atomic E-state index is 13.5. The molecular formula is C31H31N3O4S. The van der Waals surface area contributed by atoms with E-state index in [4.69, 9.17) is 4.74 Å². The van der Waals surface area contributed by atoms with Gasteiger partial charge in [0, 0.05) is 49.0 Å². The fourth-order valence-electron chi connectivity index (χ4n) is 5.39. The van der Waals surface area contributed by atoms with Crippen LogP contribution in [0.2, 0.25) is 0 Å². The Kier molecular flexibility index (Phi) is 7.16. The number of aromatic nitrogens is 1. The van der Waals surface area contributed by atoms with Crippen LogP contribution in [-0.2, 0) is 27.7 Å². The van der Waals surface area contributed by atoms with Crippen molar-refractivity contribution in [2.45, 2.75) is 43.2 Å². The Labute approximate surface area is 228 Å². The Morgan fingerprint density at radius 2 is 1.82 bits per heavy atom. The van der Waals surface area contributed by atoms with Gasteiger partial charge in [-0.25, -0.2) is 13.1 Å². The van der Waals surface area contributed by atoms with E-state index in [-0.39, 0.29) is 23.5 Å². The summed E-state index contributed by atoms with van der Waals surface area (Å²) in [6.45, 7) is 2.08. The molecule has 0 aliphatic carbocycles. The molecule has 2 aliphatic heterocycles. The zero-order valence-electron chi connectivity index (χ0n) is 21.7. The van der Waals surface area contributed by atoms with Crippen molar-refractivity contribution in [3.63, 3.8) is 0 Å². The second kappa shape index (κ2) is 10.9. The van der Waals surface area contributed by atoms with E-state index in [2.05, 4.69) is 40.0 Å². The van der Waals surface area contributed by atoms with Gasteiger partial charge in [-0.05, 0) is 84.8 Å². The third-order valence-electron chi connectivity index (χ3n) is 7.59. The molecule has 1 unspecified atom stereocenters. The predicted molar refractivity (Wildman–Crippen MR) is 151 cm³/mol. The summed E-state index contributed by atoms with van der Waals surface area (Å²) in [6, 6.07) is 22.9. The molecule has 200 valence electrons. The lowest BCUT2D eigenvalue weighted by Crippen LogP contribution is -2.32. The highest BCUT2D eigenvalue weighted by molar-refractivity contribution is 7.89. The number of nitrogens with zero attached hydrogens (tertiary/aromatic N) is 2. The molecule has 1 saturated heterocycles. The largest absolute Gasteiger partial charge is 0.377 e. The minimum absolute atomic E-state index is 0.0791. The van der Waals surface area contributed by atoms with E-state index in [0.717, 1.165) is 53.3 Å². The number of aryl methyl sites for hydroxylation is 1. The molecule has 6 rings (SSSR count). The molecule has 2 aliphatic rings. The number of rotatable bonds is 6. The Balaban J connectivity index is 1.18.